The average molecular weight is 417 g/mol. The minimum atomic E-state index is -0.00446. The van der Waals surface area contributed by atoms with Crippen LogP contribution in [-0.4, -0.2) is 41.2 Å². The van der Waals surface area contributed by atoms with E-state index in [-0.39, 0.29) is 12.0 Å². The lowest BCUT2D eigenvalue weighted by atomic mass is 10.1. The van der Waals surface area contributed by atoms with E-state index in [2.05, 4.69) is 11.1 Å². The van der Waals surface area contributed by atoms with Gasteiger partial charge in [-0.1, -0.05) is 36.4 Å². The van der Waals surface area contributed by atoms with Gasteiger partial charge in [0.1, 0.15) is 18.1 Å². The number of carbonyl (C=O) groups excluding carboxylic acids is 1. The predicted octanol–water partition coefficient (Wildman–Crippen LogP) is 4.99. The summed E-state index contributed by atoms with van der Waals surface area (Å²) in [7, 11) is 0. The van der Waals surface area contributed by atoms with E-state index in [0.29, 0.717) is 24.9 Å². The molecule has 2 aliphatic rings. The van der Waals surface area contributed by atoms with Crippen LogP contribution in [0, 0.1) is 0 Å². The Bertz CT molecular complexity index is 1060. The van der Waals surface area contributed by atoms with Gasteiger partial charge in [0.25, 0.3) is 5.91 Å². The molecule has 2 fully saturated rings. The number of nitrogens with zero attached hydrogens (tertiary/aromatic N) is 2. The van der Waals surface area contributed by atoms with Crippen molar-refractivity contribution >= 4 is 16.8 Å². The highest BCUT2D eigenvalue weighted by Crippen LogP contribution is 2.30. The molecule has 0 radical (unpaired) electrons. The molecule has 31 heavy (non-hydrogen) atoms. The van der Waals surface area contributed by atoms with Gasteiger partial charge in [-0.3, -0.25) is 4.79 Å². The van der Waals surface area contributed by atoms with Gasteiger partial charge in [-0.25, -0.2) is 4.98 Å². The average Bonchev–Trinajstić information content (AvgIpc) is 3.67. The zero-order valence-electron chi connectivity index (χ0n) is 17.7. The molecule has 1 saturated heterocycles. The van der Waals surface area contributed by atoms with E-state index in [0.717, 1.165) is 54.5 Å². The summed E-state index contributed by atoms with van der Waals surface area (Å²) in [4.78, 5) is 19.9. The second kappa shape index (κ2) is 9.06. The fraction of sp³-hybridized carbons (Fsp3) is 0.385. The van der Waals surface area contributed by atoms with E-state index in [4.69, 9.17) is 9.47 Å². The van der Waals surface area contributed by atoms with Gasteiger partial charge in [-0.15, -0.1) is 0 Å². The SMILES string of the molecule is O=C(c1ccc2ccccc2n1)N(Cc1cccc(OC[C@H]2CCCCO2)c1)C1CC1. The van der Waals surface area contributed by atoms with Crippen LogP contribution in [0.2, 0.25) is 0 Å². The van der Waals surface area contributed by atoms with Gasteiger partial charge in [0.05, 0.1) is 11.6 Å². The molecule has 5 heteroatoms. The molecule has 1 atom stereocenters. The molecular weight excluding hydrogens is 388 g/mol. The van der Waals surface area contributed by atoms with Crippen molar-refractivity contribution in [1.82, 2.24) is 9.88 Å². The van der Waals surface area contributed by atoms with Crippen LogP contribution in [-0.2, 0) is 11.3 Å². The maximum absolute atomic E-state index is 13.3. The topological polar surface area (TPSA) is 51.7 Å². The number of fused-ring (bicyclic) bond motifs is 1. The van der Waals surface area contributed by atoms with Gasteiger partial charge in [-0.2, -0.15) is 0 Å². The predicted molar refractivity (Wildman–Crippen MR) is 120 cm³/mol. The summed E-state index contributed by atoms with van der Waals surface area (Å²) in [6.45, 7) is 1.97. The Kier molecular flexibility index (Phi) is 5.85. The fourth-order valence-electron chi connectivity index (χ4n) is 4.14. The van der Waals surface area contributed by atoms with E-state index < -0.39 is 0 Å². The molecular formula is C26H28N2O3. The summed E-state index contributed by atoms with van der Waals surface area (Å²) < 4.78 is 11.8. The molecule has 1 saturated carbocycles. The fourth-order valence-corrected chi connectivity index (χ4v) is 4.14. The van der Waals surface area contributed by atoms with Gasteiger partial charge in [0.15, 0.2) is 0 Å². The molecule has 0 bridgehead atoms. The van der Waals surface area contributed by atoms with Crippen LogP contribution < -0.4 is 4.74 Å². The summed E-state index contributed by atoms with van der Waals surface area (Å²) >= 11 is 0. The minimum absolute atomic E-state index is 0.00446. The smallest absolute Gasteiger partial charge is 0.273 e. The van der Waals surface area contributed by atoms with Crippen molar-refractivity contribution in [2.45, 2.75) is 50.8 Å². The number of aromatic nitrogens is 1. The molecule has 1 aromatic heterocycles. The van der Waals surface area contributed by atoms with Crippen LogP contribution in [0.15, 0.2) is 60.7 Å². The maximum atomic E-state index is 13.3. The molecule has 5 nitrogen and oxygen atoms in total. The number of rotatable bonds is 7. The molecule has 2 heterocycles. The van der Waals surface area contributed by atoms with Crippen molar-refractivity contribution in [3.05, 3.63) is 71.9 Å². The van der Waals surface area contributed by atoms with E-state index in [1.54, 1.807) is 0 Å². The van der Waals surface area contributed by atoms with E-state index in [1.807, 2.05) is 59.5 Å². The summed E-state index contributed by atoms with van der Waals surface area (Å²) in [6, 6.07) is 20.1. The Labute approximate surface area is 183 Å². The monoisotopic (exact) mass is 416 g/mol. The molecule has 0 N–H and O–H groups in total. The van der Waals surface area contributed by atoms with Gasteiger partial charge in [0, 0.05) is 24.6 Å². The van der Waals surface area contributed by atoms with Crippen molar-refractivity contribution in [3.63, 3.8) is 0 Å². The highest BCUT2D eigenvalue weighted by molar-refractivity contribution is 5.95. The maximum Gasteiger partial charge on any atom is 0.273 e. The Morgan fingerprint density at radius 3 is 2.77 bits per heavy atom. The van der Waals surface area contributed by atoms with Gasteiger partial charge in [0.2, 0.25) is 0 Å². The lowest BCUT2D eigenvalue weighted by Gasteiger charge is -2.24. The first-order chi connectivity index (χ1) is 15.3. The number of pyridine rings is 1. The highest BCUT2D eigenvalue weighted by atomic mass is 16.5. The first kappa shape index (κ1) is 20.0. The van der Waals surface area contributed by atoms with Crippen molar-refractivity contribution in [2.75, 3.05) is 13.2 Å². The van der Waals surface area contributed by atoms with E-state index in [9.17, 15) is 4.79 Å². The van der Waals surface area contributed by atoms with Crippen LogP contribution in [0.5, 0.6) is 5.75 Å². The zero-order chi connectivity index (χ0) is 21.0. The number of carbonyl (C=O) groups is 1. The zero-order valence-corrected chi connectivity index (χ0v) is 17.7. The summed E-state index contributed by atoms with van der Waals surface area (Å²) in [5.74, 6) is 0.828. The van der Waals surface area contributed by atoms with Crippen LogP contribution in [0.1, 0.15) is 48.2 Å². The van der Waals surface area contributed by atoms with Crippen LogP contribution >= 0.6 is 0 Å². The van der Waals surface area contributed by atoms with Crippen molar-refractivity contribution < 1.29 is 14.3 Å². The molecule has 0 spiro atoms. The van der Waals surface area contributed by atoms with E-state index >= 15 is 0 Å². The Balaban J connectivity index is 1.29. The van der Waals surface area contributed by atoms with E-state index in [1.165, 1.54) is 6.42 Å². The molecule has 5 rings (SSSR count). The third-order valence-corrected chi connectivity index (χ3v) is 6.03. The Hall–Kier alpha value is -2.92. The summed E-state index contributed by atoms with van der Waals surface area (Å²) in [6.07, 6.45) is 5.69. The largest absolute Gasteiger partial charge is 0.491 e. The molecule has 0 unspecified atom stereocenters. The first-order valence-electron chi connectivity index (χ1n) is 11.3. The van der Waals surface area contributed by atoms with Crippen LogP contribution in [0.4, 0.5) is 0 Å². The van der Waals surface area contributed by atoms with Crippen molar-refractivity contribution in [2.24, 2.45) is 0 Å². The van der Waals surface area contributed by atoms with Crippen LogP contribution in [0.3, 0.4) is 0 Å². The number of para-hydroxylation sites is 1. The minimum Gasteiger partial charge on any atom is -0.491 e. The number of hydrogen-bond acceptors (Lipinski definition) is 4. The number of ether oxygens (including phenoxy) is 2. The lowest BCUT2D eigenvalue weighted by molar-refractivity contribution is -0.0110. The lowest BCUT2D eigenvalue weighted by Crippen LogP contribution is -2.33. The highest BCUT2D eigenvalue weighted by Gasteiger charge is 2.33. The number of benzene rings is 2. The second-order valence-corrected chi connectivity index (χ2v) is 8.50. The van der Waals surface area contributed by atoms with Crippen molar-refractivity contribution in [3.8, 4) is 5.75 Å². The molecule has 1 amide bonds. The van der Waals surface area contributed by atoms with Gasteiger partial charge < -0.3 is 14.4 Å². The van der Waals surface area contributed by atoms with Gasteiger partial charge in [-0.05, 0) is 61.9 Å². The molecule has 3 aromatic rings. The molecule has 1 aliphatic carbocycles. The quantitative estimate of drug-likeness (QED) is 0.545. The normalized spacial score (nSPS) is 18.6. The molecule has 2 aromatic carbocycles. The summed E-state index contributed by atoms with van der Waals surface area (Å²) in [5.41, 5.74) is 2.43. The molecule has 160 valence electrons. The van der Waals surface area contributed by atoms with Crippen molar-refractivity contribution in [1.29, 1.82) is 0 Å². The second-order valence-electron chi connectivity index (χ2n) is 8.50. The Morgan fingerprint density at radius 2 is 1.94 bits per heavy atom. The molecule has 1 aliphatic heterocycles. The van der Waals surface area contributed by atoms with Crippen LogP contribution in [0.25, 0.3) is 10.9 Å². The summed E-state index contributed by atoms with van der Waals surface area (Å²) in [5, 5.41) is 1.05. The standard InChI is InChI=1S/C26H28N2O3/c29-26(25-14-11-20-7-1-2-10-24(20)27-25)28(21-12-13-21)17-19-6-5-9-22(16-19)31-18-23-8-3-4-15-30-23/h1-2,5-7,9-11,14,16,21,23H,3-4,8,12-13,15,17-18H2/t23-/m1/s1. The number of amides is 1. The Morgan fingerprint density at radius 1 is 1.03 bits per heavy atom. The van der Waals surface area contributed by atoms with Gasteiger partial charge >= 0.3 is 0 Å². The third kappa shape index (κ3) is 4.88. The first-order valence-corrected chi connectivity index (χ1v) is 11.3. The number of hydrogen-bond donors (Lipinski definition) is 0. The third-order valence-electron chi connectivity index (χ3n) is 6.03.